The van der Waals surface area contributed by atoms with Crippen LogP contribution in [-0.2, 0) is 11.5 Å². The van der Waals surface area contributed by atoms with Crippen molar-refractivity contribution < 1.29 is 0 Å². The van der Waals surface area contributed by atoms with Gasteiger partial charge in [0.25, 0.3) is 0 Å². The van der Waals surface area contributed by atoms with Gasteiger partial charge in [-0.05, 0) is 37.1 Å². The third kappa shape index (κ3) is 9.61. The summed E-state index contributed by atoms with van der Waals surface area (Å²) in [5, 5.41) is 0. The molecule has 1 fully saturated rings. The highest BCUT2D eigenvalue weighted by atomic mass is 32.2. The van der Waals surface area contributed by atoms with Gasteiger partial charge in [-0.15, -0.1) is 0 Å². The van der Waals surface area contributed by atoms with Crippen LogP contribution in [0.25, 0.3) is 0 Å². The molecule has 0 radical (unpaired) electrons. The van der Waals surface area contributed by atoms with Gasteiger partial charge in [0.05, 0.1) is 0 Å². The number of piperidine rings is 1. The molecule has 2 aromatic rings. The zero-order valence-corrected chi connectivity index (χ0v) is 19.3. The Morgan fingerprint density at radius 3 is 1.69 bits per heavy atom. The van der Waals surface area contributed by atoms with Crippen LogP contribution in [0.15, 0.2) is 60.7 Å². The maximum Gasteiger partial charge on any atom is 0.0185 e. The van der Waals surface area contributed by atoms with E-state index in [0.717, 1.165) is 11.5 Å². The molecule has 0 aromatic heterocycles. The first-order chi connectivity index (χ1) is 14.4. The fourth-order valence-corrected chi connectivity index (χ4v) is 5.64. The van der Waals surface area contributed by atoms with Crippen LogP contribution in [0.5, 0.6) is 0 Å². The first kappa shape index (κ1) is 22.7. The van der Waals surface area contributed by atoms with Crippen LogP contribution in [0.4, 0.5) is 0 Å². The Balaban J connectivity index is 1.36. The molecule has 1 heterocycles. The van der Waals surface area contributed by atoms with E-state index in [2.05, 4.69) is 94.0 Å². The molecule has 2 aromatic carbocycles. The summed E-state index contributed by atoms with van der Waals surface area (Å²) in [6, 6.07) is 21.7. The summed E-state index contributed by atoms with van der Waals surface area (Å²) in [5.41, 5.74) is 2.88. The molecule has 0 aliphatic carbocycles. The molecule has 0 unspecified atom stereocenters. The van der Waals surface area contributed by atoms with Gasteiger partial charge in [-0.25, -0.2) is 0 Å². The van der Waals surface area contributed by atoms with Gasteiger partial charge in [0.2, 0.25) is 0 Å². The van der Waals surface area contributed by atoms with Crippen LogP contribution in [0.1, 0.15) is 30.4 Å². The molecule has 4 heteroatoms. The second kappa shape index (κ2) is 14.1. The minimum absolute atomic E-state index is 1.13. The van der Waals surface area contributed by atoms with Crippen LogP contribution in [0, 0.1) is 0 Å². The van der Waals surface area contributed by atoms with Crippen molar-refractivity contribution in [2.75, 3.05) is 50.8 Å². The number of rotatable bonds is 13. The fraction of sp³-hybridized carbons (Fsp3) is 0.520. The van der Waals surface area contributed by atoms with Crippen molar-refractivity contribution in [3.8, 4) is 0 Å². The second-order valence-electron chi connectivity index (χ2n) is 7.82. The summed E-state index contributed by atoms with van der Waals surface area (Å²) in [7, 11) is 0. The van der Waals surface area contributed by atoms with Crippen molar-refractivity contribution in [2.45, 2.75) is 30.8 Å². The van der Waals surface area contributed by atoms with E-state index >= 15 is 0 Å². The third-order valence-electron chi connectivity index (χ3n) is 5.51. The summed E-state index contributed by atoms with van der Waals surface area (Å²) in [6.07, 6.45) is 4.20. The molecule has 1 saturated heterocycles. The quantitative estimate of drug-likeness (QED) is 0.381. The molecule has 29 heavy (non-hydrogen) atoms. The number of hydrogen-bond acceptors (Lipinski definition) is 4. The van der Waals surface area contributed by atoms with Gasteiger partial charge in [0.1, 0.15) is 0 Å². The zero-order chi connectivity index (χ0) is 20.0. The predicted octanol–water partition coefficient (Wildman–Crippen LogP) is 5.64. The highest BCUT2D eigenvalue weighted by Crippen LogP contribution is 2.15. The van der Waals surface area contributed by atoms with Gasteiger partial charge < -0.3 is 9.80 Å². The molecule has 2 nitrogen and oxygen atoms in total. The van der Waals surface area contributed by atoms with E-state index in [1.54, 1.807) is 0 Å². The van der Waals surface area contributed by atoms with E-state index in [4.69, 9.17) is 0 Å². The fourth-order valence-electron chi connectivity index (χ4n) is 3.72. The zero-order valence-electron chi connectivity index (χ0n) is 17.7. The molecule has 0 bridgehead atoms. The van der Waals surface area contributed by atoms with Crippen LogP contribution in [0.3, 0.4) is 0 Å². The van der Waals surface area contributed by atoms with Crippen molar-refractivity contribution >= 4 is 23.5 Å². The van der Waals surface area contributed by atoms with Crippen LogP contribution in [-0.4, -0.2) is 60.6 Å². The van der Waals surface area contributed by atoms with E-state index in [1.165, 1.54) is 81.2 Å². The van der Waals surface area contributed by atoms with E-state index in [0.29, 0.717) is 0 Å². The highest BCUT2D eigenvalue weighted by Gasteiger charge is 2.12. The normalized spacial score (nSPS) is 15.1. The summed E-state index contributed by atoms with van der Waals surface area (Å²) in [6.45, 7) is 7.48. The first-order valence-electron chi connectivity index (χ1n) is 11.1. The monoisotopic (exact) mass is 428 g/mol. The molecule has 158 valence electrons. The van der Waals surface area contributed by atoms with E-state index in [-0.39, 0.29) is 0 Å². The molecular weight excluding hydrogens is 392 g/mol. The Bertz CT molecular complexity index is 597. The molecule has 0 N–H and O–H groups in total. The average molecular weight is 429 g/mol. The highest BCUT2D eigenvalue weighted by molar-refractivity contribution is 7.98. The van der Waals surface area contributed by atoms with Crippen molar-refractivity contribution in [2.24, 2.45) is 0 Å². The summed E-state index contributed by atoms with van der Waals surface area (Å²) in [4.78, 5) is 5.37. The number of thioether (sulfide) groups is 2. The van der Waals surface area contributed by atoms with Gasteiger partial charge >= 0.3 is 0 Å². The Kier molecular flexibility index (Phi) is 11.1. The van der Waals surface area contributed by atoms with Crippen molar-refractivity contribution in [3.05, 3.63) is 71.8 Å². The number of hydrogen-bond donors (Lipinski definition) is 0. The Morgan fingerprint density at radius 2 is 1.17 bits per heavy atom. The number of likely N-dealkylation sites (tertiary alicyclic amines) is 1. The SMILES string of the molecule is c1ccc(CSCCN(CCSCc2ccccc2)CCN2CCCCC2)cc1. The largest absolute Gasteiger partial charge is 0.302 e. The Labute approximate surface area is 186 Å². The topological polar surface area (TPSA) is 6.48 Å². The van der Waals surface area contributed by atoms with Gasteiger partial charge in [0, 0.05) is 49.2 Å². The summed E-state index contributed by atoms with van der Waals surface area (Å²) in [5.74, 6) is 4.70. The van der Waals surface area contributed by atoms with Gasteiger partial charge in [0.15, 0.2) is 0 Å². The molecule has 0 amide bonds. The summed E-state index contributed by atoms with van der Waals surface area (Å²) < 4.78 is 0. The molecule has 0 atom stereocenters. The van der Waals surface area contributed by atoms with Gasteiger partial charge in [-0.3, -0.25) is 0 Å². The van der Waals surface area contributed by atoms with Crippen molar-refractivity contribution in [3.63, 3.8) is 0 Å². The lowest BCUT2D eigenvalue weighted by atomic mass is 10.1. The van der Waals surface area contributed by atoms with Crippen LogP contribution < -0.4 is 0 Å². The van der Waals surface area contributed by atoms with Crippen molar-refractivity contribution in [1.82, 2.24) is 9.80 Å². The van der Waals surface area contributed by atoms with E-state index in [9.17, 15) is 0 Å². The Hall–Kier alpha value is -0.940. The first-order valence-corrected chi connectivity index (χ1v) is 13.4. The smallest absolute Gasteiger partial charge is 0.0185 e. The molecule has 0 saturated carbocycles. The van der Waals surface area contributed by atoms with E-state index in [1.807, 2.05) is 0 Å². The second-order valence-corrected chi connectivity index (χ2v) is 10.0. The molecular formula is C25H36N2S2. The van der Waals surface area contributed by atoms with Crippen LogP contribution >= 0.6 is 23.5 Å². The molecule has 1 aliphatic heterocycles. The minimum Gasteiger partial charge on any atom is -0.302 e. The third-order valence-corrected chi connectivity index (χ3v) is 7.53. The predicted molar refractivity (Wildman–Crippen MR) is 132 cm³/mol. The van der Waals surface area contributed by atoms with E-state index < -0.39 is 0 Å². The lowest BCUT2D eigenvalue weighted by Gasteiger charge is -2.30. The maximum absolute atomic E-state index is 2.70. The standard InChI is InChI=1S/C25H36N2S2/c1-4-10-24(11-5-1)22-28-20-18-27(17-16-26-14-8-3-9-15-26)19-21-29-23-25-12-6-2-7-13-25/h1-2,4-7,10-13H,3,8-9,14-23H2. The van der Waals surface area contributed by atoms with Gasteiger partial charge in [-0.2, -0.15) is 23.5 Å². The minimum atomic E-state index is 1.13. The molecule has 0 spiro atoms. The maximum atomic E-state index is 2.70. The molecule has 3 rings (SSSR count). The Morgan fingerprint density at radius 1 is 0.655 bits per heavy atom. The lowest BCUT2D eigenvalue weighted by Crippen LogP contribution is -2.39. The van der Waals surface area contributed by atoms with Gasteiger partial charge in [-0.1, -0.05) is 67.1 Å². The molecule has 1 aliphatic rings. The summed E-state index contributed by atoms with van der Waals surface area (Å²) >= 11 is 4.14. The average Bonchev–Trinajstić information content (AvgIpc) is 2.79. The number of benzene rings is 2. The van der Waals surface area contributed by atoms with Crippen molar-refractivity contribution in [1.29, 1.82) is 0 Å². The number of nitrogens with zero attached hydrogens (tertiary/aromatic N) is 2. The lowest BCUT2D eigenvalue weighted by molar-refractivity contribution is 0.190. The van der Waals surface area contributed by atoms with Crippen LogP contribution in [0.2, 0.25) is 0 Å².